The minimum absolute atomic E-state index is 0.0199. The van der Waals surface area contributed by atoms with Crippen LogP contribution < -0.4 is 10.6 Å². The fourth-order valence-corrected chi connectivity index (χ4v) is 3.09. The predicted octanol–water partition coefficient (Wildman–Crippen LogP) is 2.00. The number of benzene rings is 1. The van der Waals surface area contributed by atoms with Crippen molar-refractivity contribution in [1.29, 1.82) is 5.26 Å². The molecular formula is C15H17N3O. The Bertz CT molecular complexity index is 534. The number of rotatable bonds is 2. The molecule has 3 unspecified atom stereocenters. The largest absolute Gasteiger partial charge is 0.384 e. The van der Waals surface area contributed by atoms with Crippen molar-refractivity contribution in [2.75, 3.05) is 11.9 Å². The maximum Gasteiger partial charge on any atom is 0.229 e. The molecule has 1 fully saturated rings. The van der Waals surface area contributed by atoms with Gasteiger partial charge in [0.2, 0.25) is 5.91 Å². The molecular weight excluding hydrogens is 238 g/mol. The summed E-state index contributed by atoms with van der Waals surface area (Å²) in [5, 5.41) is 15.4. The number of carbonyl (C=O) groups excluding carboxylic acids is 1. The van der Waals surface area contributed by atoms with Crippen LogP contribution in [0.3, 0.4) is 0 Å². The number of nitriles is 1. The third kappa shape index (κ3) is 2.17. The van der Waals surface area contributed by atoms with Crippen LogP contribution in [0.15, 0.2) is 24.3 Å². The Morgan fingerprint density at radius 2 is 2.21 bits per heavy atom. The lowest BCUT2D eigenvalue weighted by Crippen LogP contribution is -2.40. The van der Waals surface area contributed by atoms with Crippen molar-refractivity contribution in [2.24, 2.45) is 5.92 Å². The van der Waals surface area contributed by atoms with Gasteiger partial charge in [-0.2, -0.15) is 5.26 Å². The van der Waals surface area contributed by atoms with E-state index in [9.17, 15) is 4.79 Å². The van der Waals surface area contributed by atoms with Crippen molar-refractivity contribution in [3.05, 3.63) is 29.8 Å². The van der Waals surface area contributed by atoms with Crippen LogP contribution >= 0.6 is 0 Å². The van der Waals surface area contributed by atoms with Crippen LogP contribution in [0.4, 0.5) is 5.69 Å². The maximum absolute atomic E-state index is 12.4. The van der Waals surface area contributed by atoms with Gasteiger partial charge in [-0.15, -0.1) is 0 Å². The van der Waals surface area contributed by atoms with Crippen molar-refractivity contribution < 1.29 is 4.79 Å². The molecule has 1 aromatic rings. The van der Waals surface area contributed by atoms with Gasteiger partial charge in [-0.1, -0.05) is 18.2 Å². The maximum atomic E-state index is 12.4. The summed E-state index contributed by atoms with van der Waals surface area (Å²) >= 11 is 0. The average Bonchev–Trinajstić information content (AvgIpc) is 3.04. The minimum Gasteiger partial charge on any atom is -0.384 e. The van der Waals surface area contributed by atoms with Gasteiger partial charge in [0.15, 0.2) is 0 Å². The van der Waals surface area contributed by atoms with Gasteiger partial charge in [-0.3, -0.25) is 4.79 Å². The summed E-state index contributed by atoms with van der Waals surface area (Å²) in [6, 6.07) is 10.2. The molecule has 19 heavy (non-hydrogen) atoms. The summed E-state index contributed by atoms with van der Waals surface area (Å²) < 4.78 is 0. The molecule has 2 aliphatic rings. The third-order valence-corrected chi connectivity index (χ3v) is 4.16. The average molecular weight is 255 g/mol. The van der Waals surface area contributed by atoms with E-state index in [2.05, 4.69) is 16.7 Å². The molecule has 1 saturated carbocycles. The van der Waals surface area contributed by atoms with E-state index < -0.39 is 0 Å². The topological polar surface area (TPSA) is 64.9 Å². The van der Waals surface area contributed by atoms with Gasteiger partial charge >= 0.3 is 0 Å². The fourth-order valence-electron chi connectivity index (χ4n) is 3.09. The highest BCUT2D eigenvalue weighted by atomic mass is 16.2. The zero-order valence-electron chi connectivity index (χ0n) is 10.7. The first-order valence-corrected chi connectivity index (χ1v) is 6.82. The number of hydrogen-bond acceptors (Lipinski definition) is 3. The Morgan fingerprint density at radius 3 is 3.05 bits per heavy atom. The van der Waals surface area contributed by atoms with Crippen molar-refractivity contribution >= 4 is 11.6 Å². The zero-order valence-corrected chi connectivity index (χ0v) is 10.7. The van der Waals surface area contributed by atoms with E-state index in [4.69, 9.17) is 5.26 Å². The lowest BCUT2D eigenvalue weighted by atomic mass is 9.99. The van der Waals surface area contributed by atoms with Gasteiger partial charge in [0.1, 0.15) is 0 Å². The normalized spacial score (nSPS) is 28.3. The lowest BCUT2D eigenvalue weighted by molar-refractivity contribution is -0.123. The van der Waals surface area contributed by atoms with Crippen LogP contribution in [0.2, 0.25) is 0 Å². The summed E-state index contributed by atoms with van der Waals surface area (Å²) in [6.45, 7) is 0.648. The smallest absolute Gasteiger partial charge is 0.229 e. The summed E-state index contributed by atoms with van der Waals surface area (Å²) in [4.78, 5) is 12.4. The molecule has 4 nitrogen and oxygen atoms in total. The molecule has 1 heterocycles. The van der Waals surface area contributed by atoms with E-state index in [0.717, 1.165) is 30.5 Å². The van der Waals surface area contributed by atoms with Crippen LogP contribution in [0, 0.1) is 17.2 Å². The number of hydrogen-bond donors (Lipinski definition) is 2. The monoisotopic (exact) mass is 255 g/mol. The van der Waals surface area contributed by atoms with Crippen LogP contribution in [-0.2, 0) is 4.79 Å². The number of anilines is 1. The van der Waals surface area contributed by atoms with Crippen LogP contribution in [-0.4, -0.2) is 18.5 Å². The molecule has 0 spiro atoms. The van der Waals surface area contributed by atoms with Gasteiger partial charge in [-0.05, 0) is 30.9 Å². The molecule has 0 saturated heterocycles. The second-order valence-corrected chi connectivity index (χ2v) is 5.30. The summed E-state index contributed by atoms with van der Waals surface area (Å²) in [6.07, 6.45) is 2.86. The molecule has 1 amide bonds. The van der Waals surface area contributed by atoms with E-state index >= 15 is 0 Å². The number of fused-ring (bicyclic) bond motifs is 1. The molecule has 98 valence electrons. The number of nitrogens with one attached hydrogen (secondary N) is 2. The fraction of sp³-hybridized carbons (Fsp3) is 0.467. The van der Waals surface area contributed by atoms with E-state index in [1.165, 1.54) is 0 Å². The van der Waals surface area contributed by atoms with Gasteiger partial charge in [0.05, 0.1) is 17.9 Å². The third-order valence-electron chi connectivity index (χ3n) is 4.16. The predicted molar refractivity (Wildman–Crippen MR) is 72.6 cm³/mol. The van der Waals surface area contributed by atoms with E-state index in [0.29, 0.717) is 6.54 Å². The quantitative estimate of drug-likeness (QED) is 0.849. The summed E-state index contributed by atoms with van der Waals surface area (Å²) in [7, 11) is 0. The molecule has 1 aliphatic heterocycles. The highest BCUT2D eigenvalue weighted by molar-refractivity contribution is 5.88. The molecule has 0 aromatic heterocycles. The highest BCUT2D eigenvalue weighted by Gasteiger charge is 2.33. The molecule has 3 atom stereocenters. The van der Waals surface area contributed by atoms with Crippen LogP contribution in [0.25, 0.3) is 0 Å². The molecule has 0 radical (unpaired) electrons. The molecule has 1 aliphatic carbocycles. The minimum atomic E-state index is -0.129. The Morgan fingerprint density at radius 1 is 1.37 bits per heavy atom. The number of carbonyl (C=O) groups is 1. The van der Waals surface area contributed by atoms with Crippen LogP contribution in [0.5, 0.6) is 0 Å². The number of para-hydroxylation sites is 1. The number of nitrogens with zero attached hydrogens (tertiary/aromatic N) is 1. The molecule has 3 rings (SSSR count). The Balaban J connectivity index is 1.71. The van der Waals surface area contributed by atoms with Crippen molar-refractivity contribution in [2.45, 2.75) is 31.2 Å². The molecule has 1 aromatic carbocycles. The second kappa shape index (κ2) is 4.93. The van der Waals surface area contributed by atoms with Crippen LogP contribution in [0.1, 0.15) is 30.7 Å². The first-order chi connectivity index (χ1) is 9.29. The standard InChI is InChI=1S/C15H17N3O/c16-8-10-4-3-7-13(10)18-15(19)12-9-17-14-6-2-1-5-11(12)14/h1-2,5-6,10,12-13,17H,3-4,7,9H2,(H,18,19). The van der Waals surface area contributed by atoms with Gasteiger partial charge in [0.25, 0.3) is 0 Å². The zero-order chi connectivity index (χ0) is 13.2. The SMILES string of the molecule is N#CC1CCCC1NC(=O)C1CNc2ccccc21. The highest BCUT2D eigenvalue weighted by Crippen LogP contribution is 2.32. The van der Waals surface area contributed by atoms with E-state index in [1.54, 1.807) is 0 Å². The second-order valence-electron chi connectivity index (χ2n) is 5.30. The van der Waals surface area contributed by atoms with Gasteiger partial charge in [-0.25, -0.2) is 0 Å². The molecule has 4 heteroatoms. The van der Waals surface area contributed by atoms with Crippen molar-refractivity contribution in [1.82, 2.24) is 5.32 Å². The molecule has 2 N–H and O–H groups in total. The lowest BCUT2D eigenvalue weighted by Gasteiger charge is -2.18. The van der Waals surface area contributed by atoms with E-state index in [-0.39, 0.29) is 23.8 Å². The van der Waals surface area contributed by atoms with E-state index in [1.807, 2.05) is 24.3 Å². The van der Waals surface area contributed by atoms with Gasteiger partial charge in [0, 0.05) is 18.3 Å². The summed E-state index contributed by atoms with van der Waals surface area (Å²) in [5.74, 6) is -0.103. The first-order valence-electron chi connectivity index (χ1n) is 6.82. The van der Waals surface area contributed by atoms with Crippen molar-refractivity contribution in [3.63, 3.8) is 0 Å². The van der Waals surface area contributed by atoms with Crippen molar-refractivity contribution in [3.8, 4) is 6.07 Å². The number of amides is 1. The first kappa shape index (κ1) is 12.0. The van der Waals surface area contributed by atoms with Gasteiger partial charge < -0.3 is 10.6 Å². The Hall–Kier alpha value is -2.02. The Labute approximate surface area is 112 Å². The Kier molecular flexibility index (Phi) is 3.12. The molecule has 0 bridgehead atoms. The summed E-state index contributed by atoms with van der Waals surface area (Å²) in [5.41, 5.74) is 2.11.